The second-order valence-electron chi connectivity index (χ2n) is 4.17. The topological polar surface area (TPSA) is 62.2 Å². The van der Waals surface area contributed by atoms with Crippen LogP contribution in [0.4, 0.5) is 0 Å². The van der Waals surface area contributed by atoms with Gasteiger partial charge in [-0.15, -0.1) is 0 Å². The molecule has 0 spiro atoms. The summed E-state index contributed by atoms with van der Waals surface area (Å²) in [6.45, 7) is 3.91. The molecule has 100 valence electrons. The minimum Gasteiger partial charge on any atom is -0.392 e. The van der Waals surface area contributed by atoms with Crippen molar-refractivity contribution in [3.63, 3.8) is 0 Å². The third kappa shape index (κ3) is 4.30. The Bertz CT molecular complexity index is 516. The number of nitrogens with zero attached hydrogens (tertiary/aromatic N) is 2. The Kier molecular flexibility index (Phi) is 5.94. The second-order valence-corrected chi connectivity index (χ2v) is 5.07. The van der Waals surface area contributed by atoms with Gasteiger partial charge in [0, 0.05) is 10.7 Å². The molecule has 2 unspecified atom stereocenters. The van der Waals surface area contributed by atoms with Crippen molar-refractivity contribution < 1.29 is 0 Å². The largest absolute Gasteiger partial charge is 0.392 e. The van der Waals surface area contributed by atoms with Crippen molar-refractivity contribution in [2.45, 2.75) is 26.3 Å². The molecule has 2 N–H and O–H groups in total. The van der Waals surface area contributed by atoms with Crippen molar-refractivity contribution in [2.24, 2.45) is 16.6 Å². The van der Waals surface area contributed by atoms with Gasteiger partial charge in [-0.25, -0.2) is 0 Å². The molecule has 0 radical (unpaired) electrons. The minimum atomic E-state index is -0.588. The first kappa shape index (κ1) is 15.6. The summed E-state index contributed by atoms with van der Waals surface area (Å²) in [5.41, 5.74) is 7.33. The number of hydrogen-bond donors (Lipinski definition) is 1. The van der Waals surface area contributed by atoms with Crippen molar-refractivity contribution in [3.05, 3.63) is 34.9 Å². The zero-order valence-electron chi connectivity index (χ0n) is 10.9. The Hall–Kier alpha value is -1.44. The van der Waals surface area contributed by atoms with Crippen LogP contribution in [0.5, 0.6) is 0 Å². The van der Waals surface area contributed by atoms with Gasteiger partial charge in [0.05, 0.1) is 17.1 Å². The molecule has 0 aliphatic rings. The Morgan fingerprint density at radius 3 is 2.47 bits per heavy atom. The quantitative estimate of drug-likeness (QED) is 0.665. The van der Waals surface area contributed by atoms with Crippen LogP contribution in [-0.4, -0.2) is 10.7 Å². The van der Waals surface area contributed by atoms with E-state index >= 15 is 0 Å². The first-order valence-electron chi connectivity index (χ1n) is 6.00. The Morgan fingerprint density at radius 2 is 2.05 bits per heavy atom. The molecular formula is C14H16ClN3S. The first-order valence-corrected chi connectivity index (χ1v) is 6.79. The van der Waals surface area contributed by atoms with E-state index < -0.39 is 5.92 Å². The van der Waals surface area contributed by atoms with E-state index in [9.17, 15) is 0 Å². The summed E-state index contributed by atoms with van der Waals surface area (Å²) in [5.74, 6) is -0.588. The first-order chi connectivity index (χ1) is 8.99. The third-order valence-electron chi connectivity index (χ3n) is 2.82. The van der Waals surface area contributed by atoms with Crippen LogP contribution in [-0.2, 0) is 0 Å². The number of rotatable bonds is 5. The van der Waals surface area contributed by atoms with Crippen LogP contribution in [0.3, 0.4) is 0 Å². The molecule has 5 heteroatoms. The fourth-order valence-corrected chi connectivity index (χ4v) is 2.05. The van der Waals surface area contributed by atoms with Crippen LogP contribution < -0.4 is 5.73 Å². The van der Waals surface area contributed by atoms with Gasteiger partial charge in [0.1, 0.15) is 5.92 Å². The van der Waals surface area contributed by atoms with Crippen molar-refractivity contribution in [1.82, 2.24) is 0 Å². The van der Waals surface area contributed by atoms with Gasteiger partial charge in [-0.1, -0.05) is 42.9 Å². The highest BCUT2D eigenvalue weighted by atomic mass is 35.5. The van der Waals surface area contributed by atoms with Crippen LogP contribution in [0, 0.1) is 17.2 Å². The lowest BCUT2D eigenvalue weighted by Gasteiger charge is -2.14. The van der Waals surface area contributed by atoms with Gasteiger partial charge in [0.25, 0.3) is 0 Å². The number of nitrogens with two attached hydrogens (primary N) is 1. The zero-order chi connectivity index (χ0) is 14.4. The lowest BCUT2D eigenvalue weighted by molar-refractivity contribution is 0.806. The predicted molar refractivity (Wildman–Crippen MR) is 83.5 cm³/mol. The standard InChI is InChI=1S/C14H16ClN3S/c1-3-13(12(8-16)14(17)19)18-9(2)10-4-6-11(15)7-5-10/h4-7,9,12H,3H2,1-2H3,(H2,17,19). The van der Waals surface area contributed by atoms with Gasteiger partial charge in [-0.05, 0) is 31.0 Å². The summed E-state index contributed by atoms with van der Waals surface area (Å²) in [6.07, 6.45) is 0.646. The molecule has 0 bridgehead atoms. The maximum absolute atomic E-state index is 9.10. The summed E-state index contributed by atoms with van der Waals surface area (Å²) in [7, 11) is 0. The average molecular weight is 294 g/mol. The van der Waals surface area contributed by atoms with Crippen LogP contribution >= 0.6 is 23.8 Å². The number of thiocarbonyl (C=S) groups is 1. The lowest BCUT2D eigenvalue weighted by Crippen LogP contribution is -2.27. The summed E-state index contributed by atoms with van der Waals surface area (Å²) in [4.78, 5) is 4.74. The summed E-state index contributed by atoms with van der Waals surface area (Å²) >= 11 is 10.8. The number of halogens is 1. The van der Waals surface area contributed by atoms with Crippen molar-refractivity contribution in [2.75, 3.05) is 0 Å². The molecular weight excluding hydrogens is 278 g/mol. The molecule has 1 rings (SSSR count). The van der Waals surface area contributed by atoms with E-state index in [-0.39, 0.29) is 11.0 Å². The van der Waals surface area contributed by atoms with Gasteiger partial charge < -0.3 is 5.73 Å². The smallest absolute Gasteiger partial charge is 0.134 e. The molecule has 0 heterocycles. The lowest BCUT2D eigenvalue weighted by atomic mass is 10.0. The van der Waals surface area contributed by atoms with E-state index in [0.717, 1.165) is 11.3 Å². The highest BCUT2D eigenvalue weighted by Crippen LogP contribution is 2.21. The molecule has 0 saturated heterocycles. The molecule has 0 fully saturated rings. The van der Waals surface area contributed by atoms with Crippen molar-refractivity contribution in [1.29, 1.82) is 5.26 Å². The van der Waals surface area contributed by atoms with Crippen LogP contribution in [0.1, 0.15) is 31.9 Å². The molecule has 0 amide bonds. The van der Waals surface area contributed by atoms with Gasteiger partial charge >= 0.3 is 0 Å². The third-order valence-corrected chi connectivity index (χ3v) is 3.31. The van der Waals surface area contributed by atoms with E-state index in [1.54, 1.807) is 0 Å². The molecule has 1 aromatic rings. The minimum absolute atomic E-state index is 0.0579. The molecule has 0 aromatic heterocycles. The van der Waals surface area contributed by atoms with E-state index in [1.807, 2.05) is 38.1 Å². The predicted octanol–water partition coefficient (Wildman–Crippen LogP) is 3.68. The summed E-state index contributed by atoms with van der Waals surface area (Å²) in [5, 5.41) is 9.79. The molecule has 19 heavy (non-hydrogen) atoms. The van der Waals surface area contributed by atoms with Crippen LogP contribution in [0.25, 0.3) is 0 Å². The second kappa shape index (κ2) is 7.22. The molecule has 1 aromatic carbocycles. The van der Waals surface area contributed by atoms with Crippen molar-refractivity contribution >= 4 is 34.5 Å². The Labute approximate surface area is 124 Å². The number of aliphatic imine (C=N–C) groups is 1. The fraction of sp³-hybridized carbons (Fsp3) is 0.357. The highest BCUT2D eigenvalue weighted by molar-refractivity contribution is 7.80. The summed E-state index contributed by atoms with van der Waals surface area (Å²) < 4.78 is 0. The number of benzene rings is 1. The maximum Gasteiger partial charge on any atom is 0.134 e. The maximum atomic E-state index is 9.10. The molecule has 3 nitrogen and oxygen atoms in total. The van der Waals surface area contributed by atoms with Gasteiger partial charge in [-0.3, -0.25) is 4.99 Å². The number of nitriles is 1. The SMILES string of the molecule is CCC(=NC(C)c1ccc(Cl)cc1)C(C#N)C(N)=S. The van der Waals surface area contributed by atoms with Crippen LogP contribution in [0.15, 0.2) is 29.3 Å². The average Bonchev–Trinajstić information content (AvgIpc) is 2.38. The Morgan fingerprint density at radius 1 is 1.47 bits per heavy atom. The van der Waals surface area contributed by atoms with E-state index in [1.165, 1.54) is 0 Å². The van der Waals surface area contributed by atoms with Crippen molar-refractivity contribution in [3.8, 4) is 6.07 Å². The van der Waals surface area contributed by atoms with Gasteiger partial charge in [0.2, 0.25) is 0 Å². The van der Waals surface area contributed by atoms with E-state index in [0.29, 0.717) is 11.4 Å². The fourth-order valence-electron chi connectivity index (χ4n) is 1.74. The van der Waals surface area contributed by atoms with E-state index in [2.05, 4.69) is 11.1 Å². The van der Waals surface area contributed by atoms with Crippen LogP contribution in [0.2, 0.25) is 5.02 Å². The molecule has 0 saturated carbocycles. The highest BCUT2D eigenvalue weighted by Gasteiger charge is 2.18. The Balaban J connectivity index is 3.00. The van der Waals surface area contributed by atoms with E-state index in [4.69, 9.17) is 34.8 Å². The monoisotopic (exact) mass is 293 g/mol. The van der Waals surface area contributed by atoms with Gasteiger partial charge in [0.15, 0.2) is 0 Å². The molecule has 0 aliphatic heterocycles. The normalized spacial score (nSPS) is 14.5. The molecule has 2 atom stereocenters. The zero-order valence-corrected chi connectivity index (χ0v) is 12.5. The summed E-state index contributed by atoms with van der Waals surface area (Å²) in [6, 6.07) is 9.53. The molecule has 0 aliphatic carbocycles. The number of hydrogen-bond acceptors (Lipinski definition) is 3. The van der Waals surface area contributed by atoms with Gasteiger partial charge in [-0.2, -0.15) is 5.26 Å².